The molecule has 10 atom stereocenters. The van der Waals surface area contributed by atoms with Crippen LogP contribution in [-0.2, 0) is 14.3 Å². The molecule has 0 aromatic carbocycles. The van der Waals surface area contributed by atoms with Crippen LogP contribution in [0.1, 0.15) is 91.4 Å². The number of aliphatic hydroxyl groups is 1. The summed E-state index contributed by atoms with van der Waals surface area (Å²) in [5.74, 6) is 2.62. The Kier molecular flexibility index (Phi) is 9.73. The van der Waals surface area contributed by atoms with E-state index in [4.69, 9.17) is 9.47 Å². The number of carbonyl (C=O) groups is 1. The number of esters is 1. The topological polar surface area (TPSA) is 59.0 Å². The van der Waals surface area contributed by atoms with Crippen LogP contribution >= 0.6 is 0 Å². The van der Waals surface area contributed by atoms with E-state index in [1.54, 1.807) is 0 Å². The second-order valence-corrected chi connectivity index (χ2v) is 15.2. The van der Waals surface area contributed by atoms with Crippen LogP contribution in [0.15, 0.2) is 12.7 Å². The number of rotatable bonds is 6. The first-order valence-corrected chi connectivity index (χ1v) is 16.9. The molecule has 0 bridgehead atoms. The smallest absolute Gasteiger partial charge is 0.306 e. The van der Waals surface area contributed by atoms with Crippen molar-refractivity contribution in [1.82, 2.24) is 4.90 Å². The molecule has 6 rings (SSSR count). The van der Waals surface area contributed by atoms with E-state index in [0.29, 0.717) is 36.1 Å². The van der Waals surface area contributed by atoms with Gasteiger partial charge in [0, 0.05) is 37.4 Å². The lowest BCUT2D eigenvalue weighted by Crippen LogP contribution is -3.00. The van der Waals surface area contributed by atoms with E-state index < -0.39 is 0 Å². The molecule has 0 radical (unpaired) electrons. The largest absolute Gasteiger partial charge is 1.00 e. The Bertz CT molecular complexity index is 936. The van der Waals surface area contributed by atoms with E-state index in [1.165, 1.54) is 58.0 Å². The van der Waals surface area contributed by atoms with E-state index in [-0.39, 0.29) is 52.0 Å². The van der Waals surface area contributed by atoms with Crippen molar-refractivity contribution in [3.05, 3.63) is 12.7 Å². The predicted octanol–water partition coefficient (Wildman–Crippen LogP) is 2.19. The highest BCUT2D eigenvalue weighted by molar-refractivity contribution is 5.69. The Morgan fingerprint density at radius 2 is 1.80 bits per heavy atom. The van der Waals surface area contributed by atoms with E-state index in [0.717, 1.165) is 56.6 Å². The first-order valence-electron chi connectivity index (χ1n) is 16.9. The van der Waals surface area contributed by atoms with Crippen LogP contribution in [0.2, 0.25) is 0 Å². The Morgan fingerprint density at radius 3 is 2.49 bits per heavy atom. The van der Waals surface area contributed by atoms with Gasteiger partial charge in [0.15, 0.2) is 6.10 Å². The van der Waals surface area contributed by atoms with Crippen molar-refractivity contribution in [3.8, 4) is 0 Å². The number of halogens is 1. The van der Waals surface area contributed by atoms with E-state index >= 15 is 0 Å². The second-order valence-electron chi connectivity index (χ2n) is 15.2. The van der Waals surface area contributed by atoms with Crippen LogP contribution in [0, 0.1) is 34.5 Å². The normalized spacial score (nSPS) is 45.9. The molecule has 2 heterocycles. The van der Waals surface area contributed by atoms with Gasteiger partial charge in [-0.1, -0.05) is 27.4 Å². The van der Waals surface area contributed by atoms with Gasteiger partial charge in [-0.2, -0.15) is 0 Å². The van der Waals surface area contributed by atoms with Gasteiger partial charge in [-0.05, 0) is 93.0 Å². The van der Waals surface area contributed by atoms with Gasteiger partial charge in [0.1, 0.15) is 6.04 Å². The highest BCUT2D eigenvalue weighted by Crippen LogP contribution is 2.67. The summed E-state index contributed by atoms with van der Waals surface area (Å²) in [5.41, 5.74) is 0.333. The molecule has 1 N–H and O–H groups in total. The maximum absolute atomic E-state index is 12.9. The fourth-order valence-electron chi connectivity index (χ4n) is 11.5. The lowest BCUT2D eigenvalue weighted by atomic mass is 9.44. The molecular formula is C34H57BrN2O4. The standard InChI is InChI=1S/C34H57N2O4.BrH/c1-5-16-36(17-8-7-9-18-36)29-22-27-25-11-10-24-21-30(37)28(35-14-19-39-20-15-35)23-34(24,4)26(25)12-13-33(27,3)32(29)40-31(38)6-2;/h5,24-30,32,37H,1,6-23H2,2-4H3;1H/q+1;/p-1/t24-,25?,26?,27?,28-,29-,30-,32-,33-,34-;/m0./s1. The number of piperidine rings is 1. The SMILES string of the molecule is C=CC[N+]1([C@H]2CC3C4CC[C@H]5C[C@H](O)[C@@H](N6CCOCC6)C[C@]5(C)C4CC[C@]3(C)[C@H]2OC(=O)CC)CCCCC1.[Br-]. The minimum Gasteiger partial charge on any atom is -1.00 e. The first-order chi connectivity index (χ1) is 19.3. The third-order valence-corrected chi connectivity index (χ3v) is 13.6. The van der Waals surface area contributed by atoms with Crippen LogP contribution < -0.4 is 17.0 Å². The molecule has 4 saturated carbocycles. The Balaban J connectivity index is 0.00000337. The van der Waals surface area contributed by atoms with Crippen molar-refractivity contribution in [2.75, 3.05) is 45.9 Å². The number of quaternary nitrogens is 1. The minimum atomic E-state index is -0.211. The zero-order valence-electron chi connectivity index (χ0n) is 26.1. The average Bonchev–Trinajstić information content (AvgIpc) is 3.26. The molecule has 2 aliphatic heterocycles. The lowest BCUT2D eigenvalue weighted by Gasteiger charge is -2.62. The molecular weight excluding hydrogens is 580 g/mol. The molecule has 234 valence electrons. The van der Waals surface area contributed by atoms with E-state index in [1.807, 2.05) is 6.92 Å². The molecule has 0 aromatic rings. The fraction of sp³-hybridized carbons (Fsp3) is 0.912. The van der Waals surface area contributed by atoms with Crippen LogP contribution in [0.3, 0.4) is 0 Å². The molecule has 6 aliphatic rings. The van der Waals surface area contributed by atoms with Gasteiger partial charge in [-0.15, -0.1) is 0 Å². The molecule has 6 nitrogen and oxygen atoms in total. The zero-order valence-corrected chi connectivity index (χ0v) is 27.7. The van der Waals surface area contributed by atoms with Gasteiger partial charge in [0.2, 0.25) is 0 Å². The van der Waals surface area contributed by atoms with Crippen molar-refractivity contribution in [1.29, 1.82) is 0 Å². The van der Waals surface area contributed by atoms with E-state index in [2.05, 4.69) is 31.4 Å². The van der Waals surface area contributed by atoms with Gasteiger partial charge in [0.25, 0.3) is 0 Å². The number of aliphatic hydroxyl groups excluding tert-OH is 1. The van der Waals surface area contributed by atoms with Crippen LogP contribution in [-0.4, -0.2) is 90.7 Å². The van der Waals surface area contributed by atoms with Gasteiger partial charge in [0.05, 0.1) is 39.0 Å². The van der Waals surface area contributed by atoms with Gasteiger partial charge in [-0.25, -0.2) is 0 Å². The van der Waals surface area contributed by atoms with Crippen molar-refractivity contribution < 1.29 is 40.8 Å². The number of hydrogen-bond donors (Lipinski definition) is 1. The summed E-state index contributed by atoms with van der Waals surface area (Å²) in [6.07, 6.45) is 14.5. The average molecular weight is 638 g/mol. The number of nitrogens with zero attached hydrogens (tertiary/aromatic N) is 2. The molecule has 7 heteroatoms. The van der Waals surface area contributed by atoms with Gasteiger partial charge < -0.3 is 36.0 Å². The summed E-state index contributed by atoms with van der Waals surface area (Å²) in [6.45, 7) is 18.1. The van der Waals surface area contributed by atoms with Crippen molar-refractivity contribution in [2.24, 2.45) is 34.5 Å². The summed E-state index contributed by atoms with van der Waals surface area (Å²) in [6, 6.07) is 0.656. The summed E-state index contributed by atoms with van der Waals surface area (Å²) >= 11 is 0. The maximum Gasteiger partial charge on any atom is 0.306 e. The molecule has 0 spiro atoms. The highest BCUT2D eigenvalue weighted by atomic mass is 79.9. The van der Waals surface area contributed by atoms with Crippen molar-refractivity contribution in [3.63, 3.8) is 0 Å². The van der Waals surface area contributed by atoms with Crippen LogP contribution in [0.5, 0.6) is 0 Å². The quantitative estimate of drug-likeness (QED) is 0.275. The fourth-order valence-corrected chi connectivity index (χ4v) is 11.5. The van der Waals surface area contributed by atoms with Crippen LogP contribution in [0.25, 0.3) is 0 Å². The molecule has 41 heavy (non-hydrogen) atoms. The number of likely N-dealkylation sites (tertiary alicyclic amines) is 1. The molecule has 2 saturated heterocycles. The lowest BCUT2D eigenvalue weighted by molar-refractivity contribution is -0.952. The number of fused-ring (bicyclic) bond motifs is 5. The number of hydrogen-bond acceptors (Lipinski definition) is 5. The third-order valence-electron chi connectivity index (χ3n) is 13.6. The first kappa shape index (κ1) is 31.9. The summed E-state index contributed by atoms with van der Waals surface area (Å²) in [5, 5.41) is 11.3. The molecule has 0 aromatic heterocycles. The summed E-state index contributed by atoms with van der Waals surface area (Å²) in [7, 11) is 0. The number of morpholine rings is 1. The molecule has 0 amide bonds. The van der Waals surface area contributed by atoms with Crippen molar-refractivity contribution >= 4 is 5.97 Å². The Hall–Kier alpha value is -0.470. The second kappa shape index (κ2) is 12.5. The van der Waals surface area contributed by atoms with Crippen LogP contribution in [0.4, 0.5) is 0 Å². The molecule has 6 fully saturated rings. The minimum absolute atomic E-state index is 0. The summed E-state index contributed by atoms with van der Waals surface area (Å²) < 4.78 is 13.3. The predicted molar refractivity (Wildman–Crippen MR) is 158 cm³/mol. The van der Waals surface area contributed by atoms with Crippen molar-refractivity contribution in [2.45, 2.75) is 116 Å². The zero-order chi connectivity index (χ0) is 28.1. The number of carbonyl (C=O) groups excluding carboxylic acids is 1. The summed E-state index contributed by atoms with van der Waals surface area (Å²) in [4.78, 5) is 15.5. The van der Waals surface area contributed by atoms with E-state index in [9.17, 15) is 9.90 Å². The molecule has 3 unspecified atom stereocenters. The number of ether oxygens (including phenoxy) is 2. The van der Waals surface area contributed by atoms with Gasteiger partial charge >= 0.3 is 5.97 Å². The third kappa shape index (κ3) is 5.40. The molecule has 4 aliphatic carbocycles. The Labute approximate surface area is 259 Å². The monoisotopic (exact) mass is 636 g/mol. The maximum atomic E-state index is 12.9. The van der Waals surface area contributed by atoms with Gasteiger partial charge in [-0.3, -0.25) is 9.69 Å². The Morgan fingerprint density at radius 1 is 1.07 bits per heavy atom. The highest BCUT2D eigenvalue weighted by Gasteiger charge is 2.67.